The number of carbonyl (C=O) groups excluding carboxylic acids is 1. The molecule has 23 heavy (non-hydrogen) atoms. The van der Waals surface area contributed by atoms with Gasteiger partial charge in [0.1, 0.15) is 0 Å². The van der Waals surface area contributed by atoms with Crippen LogP contribution >= 0.6 is 11.6 Å². The molecule has 1 amide bonds. The standard InChI is InChI=1S/C16H19ClN4O2/c17-14-7-2-1-5-12(14)10-21-11-15(19-20-21)16(22)18-9-13-6-3-4-8-23-13/h1-2,5,7,11,13H,3-4,6,8-10H2,(H,18,22)/t13-/m0/s1. The molecule has 122 valence electrons. The Kier molecular flexibility index (Phi) is 5.25. The second-order valence-corrected chi connectivity index (χ2v) is 6.00. The summed E-state index contributed by atoms with van der Waals surface area (Å²) >= 11 is 6.12. The topological polar surface area (TPSA) is 69.0 Å². The number of hydrogen-bond donors (Lipinski definition) is 1. The van der Waals surface area contributed by atoms with Gasteiger partial charge in [-0.2, -0.15) is 0 Å². The Balaban J connectivity index is 1.55. The minimum absolute atomic E-state index is 0.103. The molecule has 0 spiro atoms. The maximum atomic E-state index is 12.1. The van der Waals surface area contributed by atoms with E-state index in [-0.39, 0.29) is 12.0 Å². The average molecular weight is 335 g/mol. The summed E-state index contributed by atoms with van der Waals surface area (Å²) in [6.07, 6.45) is 4.96. The predicted octanol–water partition coefficient (Wildman–Crippen LogP) is 2.28. The molecule has 0 unspecified atom stereocenters. The number of amides is 1. The number of nitrogens with one attached hydrogen (secondary N) is 1. The van der Waals surface area contributed by atoms with Crippen LogP contribution in [-0.4, -0.2) is 40.2 Å². The molecule has 2 aromatic rings. The monoisotopic (exact) mass is 334 g/mol. The third-order valence-corrected chi connectivity index (χ3v) is 4.19. The zero-order valence-corrected chi connectivity index (χ0v) is 13.5. The number of hydrogen-bond acceptors (Lipinski definition) is 4. The van der Waals surface area contributed by atoms with Crippen LogP contribution in [0.4, 0.5) is 0 Å². The van der Waals surface area contributed by atoms with Gasteiger partial charge in [0, 0.05) is 18.2 Å². The van der Waals surface area contributed by atoms with Crippen LogP contribution in [0.1, 0.15) is 35.3 Å². The smallest absolute Gasteiger partial charge is 0.273 e. The van der Waals surface area contributed by atoms with Crippen molar-refractivity contribution in [2.45, 2.75) is 31.9 Å². The van der Waals surface area contributed by atoms with E-state index >= 15 is 0 Å². The Bertz CT molecular complexity index is 668. The van der Waals surface area contributed by atoms with Crippen LogP contribution in [-0.2, 0) is 11.3 Å². The van der Waals surface area contributed by atoms with Gasteiger partial charge in [0.05, 0.1) is 18.8 Å². The molecule has 0 saturated carbocycles. The van der Waals surface area contributed by atoms with Crippen molar-refractivity contribution in [2.75, 3.05) is 13.2 Å². The molecule has 6 nitrogen and oxygen atoms in total. The largest absolute Gasteiger partial charge is 0.376 e. The van der Waals surface area contributed by atoms with Crippen LogP contribution in [0.25, 0.3) is 0 Å². The summed E-state index contributed by atoms with van der Waals surface area (Å²) in [7, 11) is 0. The normalized spacial score (nSPS) is 17.9. The lowest BCUT2D eigenvalue weighted by Crippen LogP contribution is -2.35. The number of aromatic nitrogens is 3. The van der Waals surface area contributed by atoms with Crippen LogP contribution < -0.4 is 5.32 Å². The molecule has 1 saturated heterocycles. The lowest BCUT2D eigenvalue weighted by atomic mass is 10.1. The summed E-state index contributed by atoms with van der Waals surface area (Å²) in [6.45, 7) is 1.76. The zero-order chi connectivity index (χ0) is 16.1. The van der Waals surface area contributed by atoms with Crippen LogP contribution in [0.3, 0.4) is 0 Å². The molecule has 2 heterocycles. The molecule has 1 aliphatic rings. The molecule has 7 heteroatoms. The van der Waals surface area contributed by atoms with E-state index in [1.54, 1.807) is 10.9 Å². The van der Waals surface area contributed by atoms with E-state index in [0.717, 1.165) is 31.4 Å². The third-order valence-electron chi connectivity index (χ3n) is 3.83. The molecule has 1 aliphatic heterocycles. The molecule has 1 aromatic carbocycles. The minimum Gasteiger partial charge on any atom is -0.376 e. The molecule has 1 aromatic heterocycles. The maximum absolute atomic E-state index is 12.1. The Morgan fingerprint density at radius 2 is 2.26 bits per heavy atom. The summed E-state index contributed by atoms with van der Waals surface area (Å²) in [5.41, 5.74) is 1.23. The highest BCUT2D eigenvalue weighted by atomic mass is 35.5. The van der Waals surface area contributed by atoms with Gasteiger partial charge in [-0.05, 0) is 30.9 Å². The number of halogens is 1. The summed E-state index contributed by atoms with van der Waals surface area (Å²) in [5, 5.41) is 11.4. The van der Waals surface area contributed by atoms with Crippen LogP contribution in [0.2, 0.25) is 5.02 Å². The molecule has 1 N–H and O–H groups in total. The van der Waals surface area contributed by atoms with Crippen molar-refractivity contribution in [3.8, 4) is 0 Å². The molecular weight excluding hydrogens is 316 g/mol. The fourth-order valence-corrected chi connectivity index (χ4v) is 2.74. The molecule has 0 aliphatic carbocycles. The Hall–Kier alpha value is -1.92. The van der Waals surface area contributed by atoms with Crippen LogP contribution in [0, 0.1) is 0 Å². The van der Waals surface area contributed by atoms with Crippen LogP contribution in [0.5, 0.6) is 0 Å². The second-order valence-electron chi connectivity index (χ2n) is 5.59. The van der Waals surface area contributed by atoms with Crippen LogP contribution in [0.15, 0.2) is 30.5 Å². The van der Waals surface area contributed by atoms with Gasteiger partial charge in [0.2, 0.25) is 0 Å². The van der Waals surface area contributed by atoms with Crippen molar-refractivity contribution in [1.82, 2.24) is 20.3 Å². The SMILES string of the molecule is O=C(NC[C@@H]1CCCCO1)c1cn(Cc2ccccc2Cl)nn1. The number of rotatable bonds is 5. The second kappa shape index (κ2) is 7.57. The molecule has 0 bridgehead atoms. The lowest BCUT2D eigenvalue weighted by molar-refractivity contribution is 0.0168. The van der Waals surface area contributed by atoms with Gasteiger partial charge in [-0.1, -0.05) is 35.0 Å². The fourth-order valence-electron chi connectivity index (χ4n) is 2.55. The average Bonchev–Trinajstić information content (AvgIpc) is 3.04. The third kappa shape index (κ3) is 4.30. The van der Waals surface area contributed by atoms with Gasteiger partial charge < -0.3 is 10.1 Å². The van der Waals surface area contributed by atoms with Crippen molar-refractivity contribution < 1.29 is 9.53 Å². The number of ether oxygens (including phenoxy) is 1. The highest BCUT2D eigenvalue weighted by Crippen LogP contribution is 2.16. The first kappa shape index (κ1) is 16.0. The van der Waals surface area contributed by atoms with Gasteiger partial charge in [0.15, 0.2) is 5.69 Å². The molecule has 1 fully saturated rings. The first-order valence-corrected chi connectivity index (χ1v) is 8.13. The van der Waals surface area contributed by atoms with Gasteiger partial charge in [-0.3, -0.25) is 4.79 Å². The highest BCUT2D eigenvalue weighted by Gasteiger charge is 2.17. The van der Waals surface area contributed by atoms with E-state index in [1.165, 1.54) is 0 Å². The molecule has 1 atom stereocenters. The first-order valence-electron chi connectivity index (χ1n) is 7.76. The van der Waals surface area contributed by atoms with E-state index in [1.807, 2.05) is 24.3 Å². The van der Waals surface area contributed by atoms with Gasteiger partial charge >= 0.3 is 0 Å². The molecular formula is C16H19ClN4O2. The van der Waals surface area contributed by atoms with Gasteiger partial charge in [-0.15, -0.1) is 5.10 Å². The summed E-state index contributed by atoms with van der Waals surface area (Å²) < 4.78 is 7.20. The van der Waals surface area contributed by atoms with E-state index in [4.69, 9.17) is 16.3 Å². The Morgan fingerprint density at radius 3 is 3.04 bits per heavy atom. The van der Waals surface area contributed by atoms with E-state index in [9.17, 15) is 4.79 Å². The van der Waals surface area contributed by atoms with E-state index in [0.29, 0.717) is 23.8 Å². The maximum Gasteiger partial charge on any atom is 0.273 e. The Labute approximate surface area is 139 Å². The first-order chi connectivity index (χ1) is 11.2. The Morgan fingerprint density at radius 1 is 1.39 bits per heavy atom. The van der Waals surface area contributed by atoms with Crippen molar-refractivity contribution >= 4 is 17.5 Å². The number of nitrogens with zero attached hydrogens (tertiary/aromatic N) is 3. The number of carbonyl (C=O) groups is 1. The highest BCUT2D eigenvalue weighted by molar-refractivity contribution is 6.31. The summed E-state index contributed by atoms with van der Waals surface area (Å²) in [4.78, 5) is 12.1. The van der Waals surface area contributed by atoms with Gasteiger partial charge in [0.25, 0.3) is 5.91 Å². The zero-order valence-electron chi connectivity index (χ0n) is 12.7. The summed E-state index contributed by atoms with van der Waals surface area (Å²) in [5.74, 6) is -0.232. The van der Waals surface area contributed by atoms with E-state index in [2.05, 4.69) is 15.6 Å². The van der Waals surface area contributed by atoms with Crippen molar-refractivity contribution in [3.05, 3.63) is 46.7 Å². The summed E-state index contributed by atoms with van der Waals surface area (Å²) in [6, 6.07) is 7.53. The number of benzene rings is 1. The van der Waals surface area contributed by atoms with Crippen molar-refractivity contribution in [1.29, 1.82) is 0 Å². The van der Waals surface area contributed by atoms with E-state index < -0.39 is 0 Å². The predicted molar refractivity (Wildman–Crippen MR) is 86.5 cm³/mol. The minimum atomic E-state index is -0.232. The fraction of sp³-hybridized carbons (Fsp3) is 0.438. The lowest BCUT2D eigenvalue weighted by Gasteiger charge is -2.22. The van der Waals surface area contributed by atoms with Crippen molar-refractivity contribution in [2.24, 2.45) is 0 Å². The van der Waals surface area contributed by atoms with Crippen molar-refractivity contribution in [3.63, 3.8) is 0 Å². The molecule has 3 rings (SSSR count). The molecule has 0 radical (unpaired) electrons. The quantitative estimate of drug-likeness (QED) is 0.910. The van der Waals surface area contributed by atoms with Gasteiger partial charge in [-0.25, -0.2) is 4.68 Å².